The van der Waals surface area contributed by atoms with Crippen molar-refractivity contribution in [1.29, 1.82) is 0 Å². The van der Waals surface area contributed by atoms with Gasteiger partial charge in [0.05, 0.1) is 0 Å². The predicted molar refractivity (Wildman–Crippen MR) is 70.0 cm³/mol. The molecule has 0 unspecified atom stereocenters. The van der Waals surface area contributed by atoms with Gasteiger partial charge in [-0.25, -0.2) is 4.98 Å². The highest BCUT2D eigenvalue weighted by atomic mass is 16.3. The van der Waals surface area contributed by atoms with Gasteiger partial charge in [-0.1, -0.05) is 0 Å². The van der Waals surface area contributed by atoms with Crippen LogP contribution >= 0.6 is 0 Å². The zero-order valence-corrected chi connectivity index (χ0v) is 9.41. The lowest BCUT2D eigenvalue weighted by atomic mass is 10.4. The lowest BCUT2D eigenvalue weighted by Gasteiger charge is -2.01. The lowest BCUT2D eigenvalue weighted by Crippen LogP contribution is -2.07. The van der Waals surface area contributed by atoms with Crippen molar-refractivity contribution in [3.63, 3.8) is 0 Å². The van der Waals surface area contributed by atoms with Crippen molar-refractivity contribution in [1.82, 2.24) is 15.0 Å². The number of anilines is 5. The first-order valence-corrected chi connectivity index (χ1v) is 4.75. The maximum atomic E-state index is 8.73. The van der Waals surface area contributed by atoms with Crippen LogP contribution in [0.2, 0.25) is 0 Å². The molecule has 0 amide bonds. The molecule has 2 rings (SSSR count). The van der Waals surface area contributed by atoms with Crippen LogP contribution in [-0.2, 0) is 0 Å². The molecular weight excluding hydrogens is 236 g/mol. The standard InChI is InChI=1S/C5H6N2O.C4H8N6/c6-5-4(8)2-1-3-7-5;5-1-2(6)9-4(8)10-3(1)7/h1-3,8H,(H2,6,7);5H2,(H6,6,7,8,9,10). The van der Waals surface area contributed by atoms with Crippen molar-refractivity contribution in [3.8, 4) is 5.75 Å². The van der Waals surface area contributed by atoms with Gasteiger partial charge in [0, 0.05) is 6.20 Å². The number of hydrogen-bond donors (Lipinski definition) is 6. The molecule has 0 radical (unpaired) electrons. The number of nitrogens with zero attached hydrogens (tertiary/aromatic N) is 3. The molecule has 2 aromatic heterocycles. The highest BCUT2D eigenvalue weighted by molar-refractivity contribution is 5.71. The van der Waals surface area contributed by atoms with Gasteiger partial charge in [-0.05, 0) is 12.1 Å². The summed E-state index contributed by atoms with van der Waals surface area (Å²) in [7, 11) is 0. The highest BCUT2D eigenvalue weighted by Crippen LogP contribution is 2.17. The fourth-order valence-corrected chi connectivity index (χ4v) is 0.933. The van der Waals surface area contributed by atoms with E-state index in [4.69, 9.17) is 33.8 Å². The summed E-state index contributed by atoms with van der Waals surface area (Å²) >= 11 is 0. The Bertz CT molecular complexity index is 500. The largest absolute Gasteiger partial charge is 0.504 e. The smallest absolute Gasteiger partial charge is 0.224 e. The second-order valence-corrected chi connectivity index (χ2v) is 3.17. The van der Waals surface area contributed by atoms with Gasteiger partial charge in [-0.2, -0.15) is 9.97 Å². The van der Waals surface area contributed by atoms with Crippen LogP contribution in [0.1, 0.15) is 0 Å². The van der Waals surface area contributed by atoms with Crippen molar-refractivity contribution < 1.29 is 5.11 Å². The number of rotatable bonds is 0. The van der Waals surface area contributed by atoms with Crippen LogP contribution in [0, 0.1) is 0 Å². The average Bonchev–Trinajstić information content (AvgIpc) is 2.31. The minimum Gasteiger partial charge on any atom is -0.504 e. The number of hydrogen-bond acceptors (Lipinski definition) is 9. The van der Waals surface area contributed by atoms with E-state index in [-0.39, 0.29) is 34.8 Å². The van der Waals surface area contributed by atoms with Crippen LogP contribution in [0.4, 0.5) is 29.1 Å². The third-order valence-corrected chi connectivity index (χ3v) is 1.84. The van der Waals surface area contributed by atoms with Crippen LogP contribution in [0.25, 0.3) is 0 Å². The average molecular weight is 250 g/mol. The molecule has 2 heterocycles. The van der Waals surface area contributed by atoms with Crippen LogP contribution in [0.15, 0.2) is 18.3 Å². The fraction of sp³-hybridized carbons (Fsp3) is 0. The molecule has 96 valence electrons. The van der Waals surface area contributed by atoms with Gasteiger partial charge in [0.2, 0.25) is 5.95 Å². The SMILES string of the molecule is Nc1nc(N)c(N)c(N)n1.Nc1ncccc1O. The number of nitrogens with two attached hydrogens (primary N) is 5. The summed E-state index contributed by atoms with van der Waals surface area (Å²) in [5, 5.41) is 8.73. The Morgan fingerprint density at radius 3 is 1.83 bits per heavy atom. The summed E-state index contributed by atoms with van der Waals surface area (Å²) in [5.74, 6) is 0.471. The van der Waals surface area contributed by atoms with Crippen molar-refractivity contribution in [2.75, 3.05) is 28.7 Å². The van der Waals surface area contributed by atoms with E-state index in [0.717, 1.165) is 0 Å². The van der Waals surface area contributed by atoms with Crippen molar-refractivity contribution in [2.24, 2.45) is 0 Å². The first kappa shape index (κ1) is 13.1. The fourth-order valence-electron chi connectivity index (χ4n) is 0.933. The quantitative estimate of drug-likeness (QED) is 0.346. The van der Waals surface area contributed by atoms with Gasteiger partial charge in [-0.3, -0.25) is 0 Å². The molecular formula is C9H14N8O. The molecule has 0 saturated carbocycles. The maximum absolute atomic E-state index is 8.73. The maximum Gasteiger partial charge on any atom is 0.224 e. The minimum atomic E-state index is 0.0317. The number of pyridine rings is 1. The Morgan fingerprint density at radius 2 is 1.44 bits per heavy atom. The van der Waals surface area contributed by atoms with Crippen LogP contribution in [-0.4, -0.2) is 20.1 Å². The van der Waals surface area contributed by atoms with Crippen molar-refractivity contribution >= 4 is 29.1 Å². The molecule has 0 fully saturated rings. The summed E-state index contributed by atoms with van der Waals surface area (Å²) in [6.45, 7) is 0. The van der Waals surface area contributed by atoms with Crippen molar-refractivity contribution in [3.05, 3.63) is 18.3 Å². The zero-order valence-electron chi connectivity index (χ0n) is 9.41. The van der Waals surface area contributed by atoms with Crippen molar-refractivity contribution in [2.45, 2.75) is 0 Å². The lowest BCUT2D eigenvalue weighted by molar-refractivity contribution is 0.476. The normalized spacial score (nSPS) is 9.33. The topological polar surface area (TPSA) is 189 Å². The van der Waals surface area contributed by atoms with E-state index < -0.39 is 0 Å². The Hall–Kier alpha value is -2.97. The molecule has 0 aliphatic carbocycles. The molecule has 0 spiro atoms. The summed E-state index contributed by atoms with van der Waals surface area (Å²) in [4.78, 5) is 10.8. The Kier molecular flexibility index (Phi) is 3.92. The number of aromatic hydroxyl groups is 1. The van der Waals surface area contributed by atoms with E-state index in [1.54, 1.807) is 6.07 Å². The Labute approximate surface area is 103 Å². The Balaban J connectivity index is 0.000000184. The Morgan fingerprint density at radius 1 is 0.889 bits per heavy atom. The van der Waals surface area contributed by atoms with Gasteiger partial charge >= 0.3 is 0 Å². The monoisotopic (exact) mass is 250 g/mol. The molecule has 2 aromatic rings. The molecule has 9 heteroatoms. The predicted octanol–water partition coefficient (Wildman–Crippen LogP) is -0.825. The third-order valence-electron chi connectivity index (χ3n) is 1.84. The van der Waals surface area contributed by atoms with E-state index in [0.29, 0.717) is 0 Å². The molecule has 0 saturated heterocycles. The van der Waals surface area contributed by atoms with E-state index in [1.165, 1.54) is 12.3 Å². The second-order valence-electron chi connectivity index (χ2n) is 3.17. The molecule has 11 N–H and O–H groups in total. The summed E-state index contributed by atoms with van der Waals surface area (Å²) in [6.07, 6.45) is 1.52. The van der Waals surface area contributed by atoms with E-state index >= 15 is 0 Å². The highest BCUT2D eigenvalue weighted by Gasteiger charge is 2.02. The van der Waals surface area contributed by atoms with Gasteiger partial charge < -0.3 is 33.8 Å². The van der Waals surface area contributed by atoms with Gasteiger partial charge in [0.15, 0.2) is 23.2 Å². The van der Waals surface area contributed by atoms with Crippen LogP contribution in [0.5, 0.6) is 5.75 Å². The molecule has 0 aliphatic rings. The van der Waals surface area contributed by atoms with E-state index in [2.05, 4.69) is 15.0 Å². The molecule has 0 aliphatic heterocycles. The van der Waals surface area contributed by atoms with Crippen LogP contribution < -0.4 is 28.7 Å². The first-order valence-electron chi connectivity index (χ1n) is 4.75. The number of nitrogen functional groups attached to an aromatic ring is 5. The van der Waals surface area contributed by atoms with E-state index in [9.17, 15) is 0 Å². The summed E-state index contributed by atoms with van der Waals surface area (Å²) < 4.78 is 0. The van der Waals surface area contributed by atoms with Gasteiger partial charge in [-0.15, -0.1) is 0 Å². The van der Waals surface area contributed by atoms with Crippen LogP contribution in [0.3, 0.4) is 0 Å². The molecule has 0 aromatic carbocycles. The molecule has 0 atom stereocenters. The minimum absolute atomic E-state index is 0.0317. The van der Waals surface area contributed by atoms with E-state index in [1.807, 2.05) is 0 Å². The third kappa shape index (κ3) is 3.27. The zero-order chi connectivity index (χ0) is 13.7. The van der Waals surface area contributed by atoms with Gasteiger partial charge in [0.25, 0.3) is 0 Å². The van der Waals surface area contributed by atoms with Gasteiger partial charge in [0.1, 0.15) is 5.69 Å². The second kappa shape index (κ2) is 5.39. The molecule has 0 bridgehead atoms. The summed E-state index contributed by atoms with van der Waals surface area (Å²) in [6, 6.07) is 3.11. The summed E-state index contributed by atoms with van der Waals surface area (Å²) in [5.41, 5.74) is 26.4. The first-order chi connectivity index (χ1) is 8.41. The molecule has 9 nitrogen and oxygen atoms in total. The number of aromatic nitrogens is 3. The molecule has 18 heavy (non-hydrogen) atoms.